The zero-order valence-corrected chi connectivity index (χ0v) is 24.3. The van der Waals surface area contributed by atoms with E-state index in [4.69, 9.17) is 14.4 Å². The first-order chi connectivity index (χ1) is 21.7. The third kappa shape index (κ3) is 3.90. The standard InChI is InChI=1S/C41H28N2O/c1-25-10-9-16-32-29-13-5-6-14-30(29)34-23-28(18-20-33(34)40(25)32)41-42-36(26-11-3-2-4-12-26)24-37(43-41)27-19-21-39-35(22-27)31-15-7-8-17-38(31)44-39/h2-9,11-25H,10H2,1H3. The Bertz CT molecular complexity index is 2430. The predicted molar refractivity (Wildman–Crippen MR) is 183 cm³/mol. The molecule has 6 aromatic carbocycles. The topological polar surface area (TPSA) is 38.9 Å². The van der Waals surface area contributed by atoms with Gasteiger partial charge >= 0.3 is 0 Å². The van der Waals surface area contributed by atoms with E-state index >= 15 is 0 Å². The molecule has 0 saturated heterocycles. The van der Waals surface area contributed by atoms with E-state index < -0.39 is 0 Å². The van der Waals surface area contributed by atoms with Gasteiger partial charge in [-0.3, -0.25) is 0 Å². The van der Waals surface area contributed by atoms with Gasteiger partial charge in [-0.2, -0.15) is 0 Å². The zero-order chi connectivity index (χ0) is 29.2. The number of benzene rings is 6. The van der Waals surface area contributed by atoms with Crippen molar-refractivity contribution in [1.29, 1.82) is 0 Å². The van der Waals surface area contributed by atoms with Gasteiger partial charge in [0.25, 0.3) is 0 Å². The molecule has 2 heterocycles. The number of allylic oxidation sites excluding steroid dienone is 1. The third-order valence-electron chi connectivity index (χ3n) is 9.10. The quantitative estimate of drug-likeness (QED) is 0.200. The molecule has 1 aliphatic carbocycles. The summed E-state index contributed by atoms with van der Waals surface area (Å²) in [5.74, 6) is 1.18. The van der Waals surface area contributed by atoms with Crippen LogP contribution in [0.5, 0.6) is 0 Å². The summed E-state index contributed by atoms with van der Waals surface area (Å²) in [6.07, 6.45) is 5.68. The van der Waals surface area contributed by atoms with E-state index in [1.54, 1.807) is 0 Å². The fourth-order valence-electron chi connectivity index (χ4n) is 6.97. The average molecular weight is 565 g/mol. The first-order valence-corrected chi connectivity index (χ1v) is 15.2. The van der Waals surface area contributed by atoms with E-state index in [-0.39, 0.29) is 0 Å². The number of para-hydroxylation sites is 1. The summed E-state index contributed by atoms with van der Waals surface area (Å²) in [6, 6.07) is 42.6. The molecule has 0 radical (unpaired) electrons. The molecular formula is C41H28N2O. The SMILES string of the molecule is CC1CC=Cc2c1c1ccc(-c3nc(-c4ccccc4)cc(-c4ccc5oc6ccccc6c5c4)n3)cc1c1ccccc21. The summed E-state index contributed by atoms with van der Waals surface area (Å²) in [5.41, 5.74) is 9.45. The molecule has 9 rings (SSSR count). The van der Waals surface area contributed by atoms with Crippen LogP contribution in [0.2, 0.25) is 0 Å². The summed E-state index contributed by atoms with van der Waals surface area (Å²) in [6.45, 7) is 2.34. The number of hydrogen-bond acceptors (Lipinski definition) is 3. The fourth-order valence-corrected chi connectivity index (χ4v) is 6.97. The Balaban J connectivity index is 1.28. The van der Waals surface area contributed by atoms with Crippen LogP contribution in [-0.2, 0) is 0 Å². The van der Waals surface area contributed by atoms with Crippen LogP contribution in [-0.4, -0.2) is 9.97 Å². The van der Waals surface area contributed by atoms with Crippen LogP contribution in [0.15, 0.2) is 132 Å². The van der Waals surface area contributed by atoms with Crippen molar-refractivity contribution in [3.05, 3.63) is 139 Å². The largest absolute Gasteiger partial charge is 0.456 e. The summed E-state index contributed by atoms with van der Waals surface area (Å²) >= 11 is 0. The van der Waals surface area contributed by atoms with E-state index in [2.05, 4.69) is 122 Å². The van der Waals surface area contributed by atoms with Gasteiger partial charge in [-0.1, -0.05) is 104 Å². The van der Waals surface area contributed by atoms with Crippen LogP contribution < -0.4 is 0 Å². The Hall–Kier alpha value is -5.54. The van der Waals surface area contributed by atoms with Gasteiger partial charge in [0.2, 0.25) is 0 Å². The highest BCUT2D eigenvalue weighted by Crippen LogP contribution is 2.42. The molecule has 8 aromatic rings. The Morgan fingerprint density at radius 3 is 2.09 bits per heavy atom. The van der Waals surface area contributed by atoms with Crippen LogP contribution in [0.3, 0.4) is 0 Å². The molecule has 0 N–H and O–H groups in total. The molecule has 44 heavy (non-hydrogen) atoms. The van der Waals surface area contributed by atoms with Gasteiger partial charge in [-0.15, -0.1) is 0 Å². The molecule has 0 saturated carbocycles. The highest BCUT2D eigenvalue weighted by Gasteiger charge is 2.21. The van der Waals surface area contributed by atoms with Crippen LogP contribution in [0.4, 0.5) is 0 Å². The fraction of sp³-hybridized carbons (Fsp3) is 0.0732. The monoisotopic (exact) mass is 564 g/mol. The first kappa shape index (κ1) is 25.0. The van der Waals surface area contributed by atoms with E-state index in [0.717, 1.165) is 62.3 Å². The minimum absolute atomic E-state index is 0.464. The second-order valence-corrected chi connectivity index (χ2v) is 11.8. The van der Waals surface area contributed by atoms with Crippen LogP contribution in [0.1, 0.15) is 30.4 Å². The van der Waals surface area contributed by atoms with Crippen molar-refractivity contribution in [3.63, 3.8) is 0 Å². The van der Waals surface area contributed by atoms with E-state index in [0.29, 0.717) is 5.92 Å². The van der Waals surface area contributed by atoms with Crippen molar-refractivity contribution in [3.8, 4) is 33.9 Å². The molecular weight excluding hydrogens is 536 g/mol. The lowest BCUT2D eigenvalue weighted by molar-refractivity contribution is 0.669. The van der Waals surface area contributed by atoms with Crippen molar-refractivity contribution >= 4 is 49.6 Å². The lowest BCUT2D eigenvalue weighted by Crippen LogP contribution is -2.03. The van der Waals surface area contributed by atoms with Gasteiger partial charge in [-0.25, -0.2) is 9.97 Å². The smallest absolute Gasteiger partial charge is 0.160 e. The molecule has 1 aliphatic rings. The van der Waals surface area contributed by atoms with Gasteiger partial charge in [0.05, 0.1) is 11.4 Å². The van der Waals surface area contributed by atoms with Gasteiger partial charge in [0.1, 0.15) is 11.2 Å². The van der Waals surface area contributed by atoms with E-state index in [9.17, 15) is 0 Å². The predicted octanol–water partition coefficient (Wildman–Crippen LogP) is 11.2. The van der Waals surface area contributed by atoms with Gasteiger partial charge in [0.15, 0.2) is 5.82 Å². The maximum Gasteiger partial charge on any atom is 0.160 e. The summed E-state index contributed by atoms with van der Waals surface area (Å²) in [4.78, 5) is 10.4. The van der Waals surface area contributed by atoms with Crippen LogP contribution in [0.25, 0.3) is 83.5 Å². The maximum absolute atomic E-state index is 6.12. The molecule has 0 spiro atoms. The molecule has 0 bridgehead atoms. The number of nitrogens with zero attached hydrogens (tertiary/aromatic N) is 2. The van der Waals surface area contributed by atoms with E-state index in [1.165, 1.54) is 32.7 Å². The van der Waals surface area contributed by atoms with Gasteiger partial charge < -0.3 is 4.42 Å². The second-order valence-electron chi connectivity index (χ2n) is 11.8. The third-order valence-corrected chi connectivity index (χ3v) is 9.10. The summed E-state index contributed by atoms with van der Waals surface area (Å²) in [5, 5.41) is 7.32. The number of fused-ring (bicyclic) bond motifs is 9. The lowest BCUT2D eigenvalue weighted by atomic mass is 9.81. The number of rotatable bonds is 3. The maximum atomic E-state index is 6.12. The Kier molecular flexibility index (Phi) is 5.54. The molecule has 1 unspecified atom stereocenters. The molecule has 2 aromatic heterocycles. The highest BCUT2D eigenvalue weighted by molar-refractivity contribution is 6.14. The molecule has 3 nitrogen and oxygen atoms in total. The lowest BCUT2D eigenvalue weighted by Gasteiger charge is -2.23. The van der Waals surface area contributed by atoms with Crippen molar-refractivity contribution < 1.29 is 4.42 Å². The number of furan rings is 1. The Morgan fingerprint density at radius 2 is 1.23 bits per heavy atom. The summed E-state index contributed by atoms with van der Waals surface area (Å²) in [7, 11) is 0. The average Bonchev–Trinajstić information content (AvgIpc) is 3.46. The van der Waals surface area contributed by atoms with Crippen LogP contribution >= 0.6 is 0 Å². The van der Waals surface area contributed by atoms with Crippen LogP contribution in [0, 0.1) is 0 Å². The molecule has 1 atom stereocenters. The molecule has 0 aliphatic heterocycles. The van der Waals surface area contributed by atoms with Crippen molar-refractivity contribution in [1.82, 2.24) is 9.97 Å². The van der Waals surface area contributed by atoms with Gasteiger partial charge in [-0.05, 0) is 81.4 Å². The second kappa shape index (κ2) is 9.75. The molecule has 3 heteroatoms. The molecule has 0 fully saturated rings. The van der Waals surface area contributed by atoms with Gasteiger partial charge in [0, 0.05) is 27.5 Å². The molecule has 0 amide bonds. The minimum atomic E-state index is 0.464. The summed E-state index contributed by atoms with van der Waals surface area (Å²) < 4.78 is 6.12. The zero-order valence-electron chi connectivity index (χ0n) is 24.3. The first-order valence-electron chi connectivity index (χ1n) is 15.2. The minimum Gasteiger partial charge on any atom is -0.456 e. The number of aromatic nitrogens is 2. The van der Waals surface area contributed by atoms with Crippen molar-refractivity contribution in [2.45, 2.75) is 19.3 Å². The Morgan fingerprint density at radius 1 is 0.545 bits per heavy atom. The normalized spacial score (nSPS) is 14.5. The Labute approximate surface area is 255 Å². The van der Waals surface area contributed by atoms with Crippen molar-refractivity contribution in [2.75, 3.05) is 0 Å². The number of hydrogen-bond donors (Lipinski definition) is 0. The van der Waals surface area contributed by atoms with E-state index in [1.807, 2.05) is 18.2 Å². The van der Waals surface area contributed by atoms with Crippen molar-refractivity contribution in [2.24, 2.45) is 0 Å². The highest BCUT2D eigenvalue weighted by atomic mass is 16.3. The molecule has 208 valence electrons.